The van der Waals surface area contributed by atoms with Gasteiger partial charge in [0.2, 0.25) is 5.75 Å². The normalized spacial score (nSPS) is 9.95. The van der Waals surface area contributed by atoms with Crippen LogP contribution < -0.4 is 4.74 Å². The van der Waals surface area contributed by atoms with Crippen LogP contribution in [0.1, 0.15) is 16.7 Å². The molecule has 21 heavy (non-hydrogen) atoms. The van der Waals surface area contributed by atoms with Gasteiger partial charge in [-0.15, -0.1) is 11.6 Å². The lowest BCUT2D eigenvalue weighted by Gasteiger charge is -2.09. The van der Waals surface area contributed by atoms with E-state index < -0.39 is 4.92 Å². The van der Waals surface area contributed by atoms with E-state index in [2.05, 4.69) is 0 Å². The molecule has 0 aliphatic carbocycles. The van der Waals surface area contributed by atoms with Crippen molar-refractivity contribution in [2.24, 2.45) is 0 Å². The molecule has 0 saturated heterocycles. The van der Waals surface area contributed by atoms with Crippen LogP contribution in [0, 0.1) is 28.4 Å². The van der Waals surface area contributed by atoms with Gasteiger partial charge < -0.3 is 4.74 Å². The number of nitro benzene ring substituents is 1. The van der Waals surface area contributed by atoms with Crippen molar-refractivity contribution < 1.29 is 9.66 Å². The maximum atomic E-state index is 11.1. The fourth-order valence-electron chi connectivity index (χ4n) is 1.81. The second kappa shape index (κ2) is 6.25. The van der Waals surface area contributed by atoms with Crippen LogP contribution in [0.4, 0.5) is 5.69 Å². The number of hydrogen-bond acceptors (Lipinski definition) is 4. The summed E-state index contributed by atoms with van der Waals surface area (Å²) in [6, 6.07) is 11.5. The topological polar surface area (TPSA) is 76.2 Å². The maximum Gasteiger partial charge on any atom is 0.311 e. The molecule has 0 atom stereocenters. The van der Waals surface area contributed by atoms with E-state index in [9.17, 15) is 10.1 Å². The van der Waals surface area contributed by atoms with Gasteiger partial charge in [-0.05, 0) is 36.2 Å². The molecule has 0 spiro atoms. The van der Waals surface area contributed by atoms with Gasteiger partial charge in [0.25, 0.3) is 0 Å². The minimum absolute atomic E-state index is 0.0979. The van der Waals surface area contributed by atoms with Gasteiger partial charge in [-0.3, -0.25) is 10.1 Å². The molecule has 0 N–H and O–H groups in total. The van der Waals surface area contributed by atoms with Gasteiger partial charge in [0, 0.05) is 11.9 Å². The smallest absolute Gasteiger partial charge is 0.311 e. The molecule has 5 nitrogen and oxygen atoms in total. The summed E-state index contributed by atoms with van der Waals surface area (Å²) >= 11 is 5.71. The first-order valence-corrected chi connectivity index (χ1v) is 6.60. The molecule has 0 aliphatic rings. The largest absolute Gasteiger partial charge is 0.449 e. The van der Waals surface area contributed by atoms with E-state index in [1.54, 1.807) is 31.2 Å². The summed E-state index contributed by atoms with van der Waals surface area (Å²) < 4.78 is 5.54. The Morgan fingerprint density at radius 3 is 2.62 bits per heavy atom. The molecular formula is C15H11ClN2O3. The van der Waals surface area contributed by atoms with Crippen molar-refractivity contribution in [3.63, 3.8) is 0 Å². The number of alkyl halides is 1. The highest BCUT2D eigenvalue weighted by atomic mass is 35.5. The summed E-state index contributed by atoms with van der Waals surface area (Å²) in [5.74, 6) is 0.638. The number of rotatable bonds is 4. The number of halogens is 1. The van der Waals surface area contributed by atoms with Crippen molar-refractivity contribution in [2.75, 3.05) is 0 Å². The number of aryl methyl sites for hydroxylation is 1. The Kier molecular flexibility index (Phi) is 4.41. The van der Waals surface area contributed by atoms with E-state index in [-0.39, 0.29) is 28.6 Å². The summed E-state index contributed by atoms with van der Waals surface area (Å²) in [4.78, 5) is 10.5. The molecule has 0 radical (unpaired) electrons. The summed E-state index contributed by atoms with van der Waals surface area (Å²) in [7, 11) is 0. The average molecular weight is 303 g/mol. The van der Waals surface area contributed by atoms with E-state index in [1.165, 1.54) is 12.1 Å². The van der Waals surface area contributed by atoms with Crippen molar-refractivity contribution >= 4 is 17.3 Å². The van der Waals surface area contributed by atoms with E-state index >= 15 is 0 Å². The third kappa shape index (κ3) is 3.30. The van der Waals surface area contributed by atoms with E-state index in [0.717, 1.165) is 11.1 Å². The van der Waals surface area contributed by atoms with Gasteiger partial charge in [0.15, 0.2) is 0 Å². The van der Waals surface area contributed by atoms with Crippen molar-refractivity contribution in [3.8, 4) is 17.6 Å². The lowest BCUT2D eigenvalue weighted by atomic mass is 10.1. The van der Waals surface area contributed by atoms with Crippen LogP contribution in [-0.4, -0.2) is 4.92 Å². The number of nitriles is 1. The zero-order valence-electron chi connectivity index (χ0n) is 11.2. The first-order valence-electron chi connectivity index (χ1n) is 6.07. The highest BCUT2D eigenvalue weighted by Crippen LogP contribution is 2.33. The van der Waals surface area contributed by atoms with Crippen molar-refractivity contribution in [2.45, 2.75) is 12.8 Å². The van der Waals surface area contributed by atoms with Gasteiger partial charge >= 0.3 is 5.69 Å². The highest BCUT2D eigenvalue weighted by Gasteiger charge is 2.17. The summed E-state index contributed by atoms with van der Waals surface area (Å²) in [5, 5.41) is 20.2. The molecule has 2 aromatic carbocycles. The monoisotopic (exact) mass is 302 g/mol. The van der Waals surface area contributed by atoms with Gasteiger partial charge in [-0.25, -0.2) is 0 Å². The standard InChI is InChI=1S/C15H11ClN2O3/c1-10-2-4-15(13(6-10)18(19)20)21-14-5-3-11(8-16)7-12(14)9-17/h2-7H,8H2,1H3. The molecule has 2 rings (SSSR count). The van der Waals surface area contributed by atoms with Crippen LogP contribution in [0.25, 0.3) is 0 Å². The molecule has 106 valence electrons. The molecule has 0 fully saturated rings. The Hall–Kier alpha value is -2.58. The van der Waals surface area contributed by atoms with Crippen LogP contribution >= 0.6 is 11.6 Å². The van der Waals surface area contributed by atoms with Crippen LogP contribution in [-0.2, 0) is 5.88 Å². The average Bonchev–Trinajstić information content (AvgIpc) is 2.49. The van der Waals surface area contributed by atoms with E-state index in [1.807, 2.05) is 6.07 Å². The Morgan fingerprint density at radius 1 is 1.29 bits per heavy atom. The van der Waals surface area contributed by atoms with Gasteiger partial charge in [0.1, 0.15) is 11.8 Å². The third-order valence-electron chi connectivity index (χ3n) is 2.85. The first kappa shape index (κ1) is 14.8. The van der Waals surface area contributed by atoms with Crippen molar-refractivity contribution in [3.05, 3.63) is 63.2 Å². The minimum atomic E-state index is -0.512. The maximum absolute atomic E-state index is 11.1. The van der Waals surface area contributed by atoms with Gasteiger partial charge in [0.05, 0.1) is 10.5 Å². The number of nitro groups is 1. The van der Waals surface area contributed by atoms with Crippen LogP contribution in [0.3, 0.4) is 0 Å². The minimum Gasteiger partial charge on any atom is -0.449 e. The molecule has 0 unspecified atom stereocenters. The Balaban J connectivity index is 2.43. The molecule has 0 aromatic heterocycles. The summed E-state index contributed by atoms with van der Waals surface area (Å²) in [6.07, 6.45) is 0. The van der Waals surface area contributed by atoms with Gasteiger partial charge in [-0.1, -0.05) is 12.1 Å². The quantitative estimate of drug-likeness (QED) is 0.479. The van der Waals surface area contributed by atoms with Crippen molar-refractivity contribution in [1.82, 2.24) is 0 Å². The predicted molar refractivity (Wildman–Crippen MR) is 78.6 cm³/mol. The Labute approximate surface area is 126 Å². The fraction of sp³-hybridized carbons (Fsp3) is 0.133. The highest BCUT2D eigenvalue weighted by molar-refractivity contribution is 6.17. The first-order chi connectivity index (χ1) is 10.0. The number of benzene rings is 2. The van der Waals surface area contributed by atoms with Crippen LogP contribution in [0.2, 0.25) is 0 Å². The Morgan fingerprint density at radius 2 is 2.00 bits per heavy atom. The predicted octanol–water partition coefficient (Wildman–Crippen LogP) is 4.31. The number of nitrogens with zero attached hydrogens (tertiary/aromatic N) is 2. The molecule has 0 aliphatic heterocycles. The second-order valence-electron chi connectivity index (χ2n) is 4.41. The SMILES string of the molecule is Cc1ccc(Oc2ccc(CCl)cc2C#N)c([N+](=O)[O-])c1. The molecule has 6 heteroatoms. The lowest BCUT2D eigenvalue weighted by Crippen LogP contribution is -1.96. The number of hydrogen-bond donors (Lipinski definition) is 0. The second-order valence-corrected chi connectivity index (χ2v) is 4.67. The molecule has 0 saturated carbocycles. The van der Waals surface area contributed by atoms with Crippen molar-refractivity contribution in [1.29, 1.82) is 5.26 Å². The van der Waals surface area contributed by atoms with E-state index in [4.69, 9.17) is 21.6 Å². The summed E-state index contributed by atoms with van der Waals surface area (Å²) in [5.41, 5.74) is 1.68. The van der Waals surface area contributed by atoms with Crippen LogP contribution in [0.5, 0.6) is 11.5 Å². The van der Waals surface area contributed by atoms with E-state index in [0.29, 0.717) is 0 Å². The Bertz CT molecular complexity index is 738. The molecule has 0 amide bonds. The zero-order valence-corrected chi connectivity index (χ0v) is 11.9. The molecular weight excluding hydrogens is 292 g/mol. The summed E-state index contributed by atoms with van der Waals surface area (Å²) in [6.45, 7) is 1.76. The third-order valence-corrected chi connectivity index (χ3v) is 3.16. The molecule has 0 heterocycles. The van der Waals surface area contributed by atoms with Crippen LogP contribution in [0.15, 0.2) is 36.4 Å². The molecule has 2 aromatic rings. The number of ether oxygens (including phenoxy) is 1. The lowest BCUT2D eigenvalue weighted by molar-refractivity contribution is -0.385. The zero-order chi connectivity index (χ0) is 15.4. The van der Waals surface area contributed by atoms with Gasteiger partial charge in [-0.2, -0.15) is 5.26 Å². The molecule has 0 bridgehead atoms. The fourth-order valence-corrected chi connectivity index (χ4v) is 1.98.